The summed E-state index contributed by atoms with van der Waals surface area (Å²) in [4.78, 5) is 34.3. The number of ether oxygens (including phenoxy) is 1. The zero-order valence-corrected chi connectivity index (χ0v) is 13.8. The first-order valence-corrected chi connectivity index (χ1v) is 8.05. The molecule has 0 aliphatic carbocycles. The summed E-state index contributed by atoms with van der Waals surface area (Å²) in [5, 5.41) is 12.4. The molecule has 0 saturated carbocycles. The second-order valence-corrected chi connectivity index (χ2v) is 5.47. The Hall–Kier alpha value is -2.42. The number of anilines is 1. The minimum atomic E-state index is -1.36. The molecule has 2 N–H and O–H groups in total. The van der Waals surface area contributed by atoms with Crippen LogP contribution in [-0.2, 0) is 11.3 Å². The summed E-state index contributed by atoms with van der Waals surface area (Å²) in [6.45, 7) is 5.43. The maximum Gasteiger partial charge on any atom is 0.419 e. The van der Waals surface area contributed by atoms with Crippen LogP contribution in [-0.4, -0.2) is 64.9 Å². The molecule has 0 atom stereocenters. The van der Waals surface area contributed by atoms with Crippen LogP contribution in [0.3, 0.4) is 0 Å². The van der Waals surface area contributed by atoms with Gasteiger partial charge in [-0.3, -0.25) is 0 Å². The molecule has 2 heterocycles. The van der Waals surface area contributed by atoms with E-state index in [1.807, 2.05) is 11.8 Å². The highest BCUT2D eigenvalue weighted by Crippen LogP contribution is 2.10. The van der Waals surface area contributed by atoms with Gasteiger partial charge in [-0.15, -0.1) is 0 Å². The normalized spacial score (nSPS) is 14.3. The molecule has 1 fully saturated rings. The van der Waals surface area contributed by atoms with Gasteiger partial charge in [0.1, 0.15) is 0 Å². The number of imide groups is 1. The SMILES string of the molecule is CCCCOC(=O)N(Cc1cnc(N2CCNCC2)nc1)C(=O)O. The molecule has 1 aliphatic heterocycles. The third kappa shape index (κ3) is 5.05. The maximum atomic E-state index is 11.8. The monoisotopic (exact) mass is 337 g/mol. The molecule has 0 unspecified atom stereocenters. The van der Waals surface area contributed by atoms with Gasteiger partial charge in [-0.05, 0) is 6.42 Å². The van der Waals surface area contributed by atoms with E-state index in [1.54, 1.807) is 12.4 Å². The number of nitrogens with zero attached hydrogens (tertiary/aromatic N) is 4. The van der Waals surface area contributed by atoms with Crippen LogP contribution in [0.5, 0.6) is 0 Å². The van der Waals surface area contributed by atoms with Crippen molar-refractivity contribution in [2.24, 2.45) is 0 Å². The summed E-state index contributed by atoms with van der Waals surface area (Å²) in [7, 11) is 0. The van der Waals surface area contributed by atoms with Gasteiger partial charge in [-0.1, -0.05) is 13.3 Å². The quantitative estimate of drug-likeness (QED) is 0.748. The minimum absolute atomic E-state index is 0.137. The van der Waals surface area contributed by atoms with Crippen molar-refractivity contribution in [3.05, 3.63) is 18.0 Å². The van der Waals surface area contributed by atoms with Gasteiger partial charge < -0.3 is 20.1 Å². The second kappa shape index (κ2) is 9.02. The number of rotatable bonds is 6. The number of amides is 2. The lowest BCUT2D eigenvalue weighted by molar-refractivity contribution is 0.0911. The molecule has 9 heteroatoms. The smallest absolute Gasteiger partial charge is 0.419 e. The van der Waals surface area contributed by atoms with E-state index in [2.05, 4.69) is 15.3 Å². The maximum absolute atomic E-state index is 11.8. The van der Waals surface area contributed by atoms with Crippen LogP contribution >= 0.6 is 0 Å². The van der Waals surface area contributed by atoms with Crippen LogP contribution in [0.15, 0.2) is 12.4 Å². The average Bonchev–Trinajstić information content (AvgIpc) is 2.61. The third-order valence-corrected chi connectivity index (χ3v) is 3.61. The number of hydrogen-bond acceptors (Lipinski definition) is 7. The molecule has 24 heavy (non-hydrogen) atoms. The fraction of sp³-hybridized carbons (Fsp3) is 0.600. The predicted molar refractivity (Wildman–Crippen MR) is 86.9 cm³/mol. The number of carboxylic acid groups (broad SMARTS) is 1. The molecule has 0 spiro atoms. The Balaban J connectivity index is 1.96. The van der Waals surface area contributed by atoms with Gasteiger partial charge >= 0.3 is 12.2 Å². The van der Waals surface area contributed by atoms with Crippen molar-refractivity contribution in [2.75, 3.05) is 37.7 Å². The average molecular weight is 337 g/mol. The lowest BCUT2D eigenvalue weighted by Gasteiger charge is -2.27. The molecule has 132 valence electrons. The summed E-state index contributed by atoms with van der Waals surface area (Å²) in [6, 6.07) is 0. The van der Waals surface area contributed by atoms with Crippen LogP contribution in [0.1, 0.15) is 25.3 Å². The van der Waals surface area contributed by atoms with Crippen LogP contribution in [0.25, 0.3) is 0 Å². The number of hydrogen-bond donors (Lipinski definition) is 2. The molecule has 1 aromatic heterocycles. The van der Waals surface area contributed by atoms with E-state index in [1.165, 1.54) is 0 Å². The van der Waals surface area contributed by atoms with Gasteiger partial charge in [-0.25, -0.2) is 24.5 Å². The molecule has 1 aromatic rings. The highest BCUT2D eigenvalue weighted by atomic mass is 16.6. The van der Waals surface area contributed by atoms with E-state index < -0.39 is 12.2 Å². The zero-order valence-electron chi connectivity index (χ0n) is 13.8. The molecule has 1 saturated heterocycles. The molecule has 1 aliphatic rings. The second-order valence-electron chi connectivity index (χ2n) is 5.47. The molecule has 0 aromatic carbocycles. The number of nitrogens with one attached hydrogen (secondary N) is 1. The number of carbonyl (C=O) groups is 2. The van der Waals surface area contributed by atoms with Crippen LogP contribution in [0.4, 0.5) is 15.5 Å². The van der Waals surface area contributed by atoms with E-state index in [-0.39, 0.29) is 13.2 Å². The highest BCUT2D eigenvalue weighted by molar-refractivity contribution is 5.86. The first kappa shape index (κ1) is 17.9. The number of carbonyl (C=O) groups excluding carboxylic acids is 1. The van der Waals surface area contributed by atoms with Gasteiger partial charge in [0.05, 0.1) is 13.2 Å². The lowest BCUT2D eigenvalue weighted by Crippen LogP contribution is -2.44. The summed E-state index contributed by atoms with van der Waals surface area (Å²) in [5.41, 5.74) is 0.531. The van der Waals surface area contributed by atoms with E-state index in [4.69, 9.17) is 4.74 Å². The van der Waals surface area contributed by atoms with Gasteiger partial charge in [0.25, 0.3) is 0 Å². The van der Waals surface area contributed by atoms with Gasteiger partial charge in [0, 0.05) is 44.1 Å². The van der Waals surface area contributed by atoms with Crippen molar-refractivity contribution in [1.82, 2.24) is 20.2 Å². The largest absolute Gasteiger partial charge is 0.465 e. The first-order chi connectivity index (χ1) is 11.6. The minimum Gasteiger partial charge on any atom is -0.465 e. The summed E-state index contributed by atoms with van der Waals surface area (Å²) in [5.74, 6) is 0.604. The van der Waals surface area contributed by atoms with E-state index >= 15 is 0 Å². The van der Waals surface area contributed by atoms with Crippen LogP contribution in [0, 0.1) is 0 Å². The molecule has 2 amide bonds. The van der Waals surface area contributed by atoms with E-state index in [0.29, 0.717) is 22.8 Å². The van der Waals surface area contributed by atoms with Crippen molar-refractivity contribution in [2.45, 2.75) is 26.3 Å². The fourth-order valence-electron chi connectivity index (χ4n) is 2.23. The Morgan fingerprint density at radius 2 is 2.00 bits per heavy atom. The Morgan fingerprint density at radius 3 is 2.58 bits per heavy atom. The molecule has 0 bridgehead atoms. The van der Waals surface area contributed by atoms with Crippen molar-refractivity contribution >= 4 is 18.1 Å². The predicted octanol–water partition coefficient (Wildman–Crippen LogP) is 1.30. The summed E-state index contributed by atoms with van der Waals surface area (Å²) < 4.78 is 4.95. The van der Waals surface area contributed by atoms with Gasteiger partial charge in [0.15, 0.2) is 0 Å². The van der Waals surface area contributed by atoms with E-state index in [0.717, 1.165) is 32.6 Å². The topological polar surface area (TPSA) is 108 Å². The highest BCUT2D eigenvalue weighted by Gasteiger charge is 2.23. The van der Waals surface area contributed by atoms with Gasteiger partial charge in [-0.2, -0.15) is 0 Å². The molecular weight excluding hydrogens is 314 g/mol. The first-order valence-electron chi connectivity index (χ1n) is 8.05. The van der Waals surface area contributed by atoms with Crippen molar-refractivity contribution in [3.8, 4) is 0 Å². The van der Waals surface area contributed by atoms with Crippen molar-refractivity contribution < 1.29 is 19.4 Å². The molecular formula is C15H23N5O4. The summed E-state index contributed by atoms with van der Waals surface area (Å²) >= 11 is 0. The van der Waals surface area contributed by atoms with Crippen molar-refractivity contribution in [1.29, 1.82) is 0 Å². The molecule has 0 radical (unpaired) electrons. The zero-order chi connectivity index (χ0) is 17.4. The summed E-state index contributed by atoms with van der Waals surface area (Å²) in [6.07, 6.45) is 2.41. The standard InChI is InChI=1S/C15H23N5O4/c1-2-3-8-24-15(23)20(14(21)22)11-12-9-17-13(18-10-12)19-6-4-16-5-7-19/h9-10,16H,2-8,11H2,1H3,(H,21,22). The van der Waals surface area contributed by atoms with E-state index in [9.17, 15) is 14.7 Å². The Labute approximate surface area is 140 Å². The van der Waals surface area contributed by atoms with Crippen LogP contribution < -0.4 is 10.2 Å². The number of piperazine rings is 1. The fourth-order valence-corrected chi connectivity index (χ4v) is 2.23. The van der Waals surface area contributed by atoms with Crippen molar-refractivity contribution in [3.63, 3.8) is 0 Å². The molecule has 2 rings (SSSR count). The number of aromatic nitrogens is 2. The number of unbranched alkanes of at least 4 members (excludes halogenated alkanes) is 1. The van der Waals surface area contributed by atoms with Gasteiger partial charge in [0.2, 0.25) is 5.95 Å². The Kier molecular flexibility index (Phi) is 6.74. The molecule has 9 nitrogen and oxygen atoms in total. The third-order valence-electron chi connectivity index (χ3n) is 3.61. The Bertz CT molecular complexity index is 545. The Morgan fingerprint density at radius 1 is 1.33 bits per heavy atom. The van der Waals surface area contributed by atoms with Crippen LogP contribution in [0.2, 0.25) is 0 Å². The lowest BCUT2D eigenvalue weighted by atomic mass is 10.3.